The molecule has 0 aromatic carbocycles. The molecular weight excluding hydrogens is 747 g/mol. The molecule has 0 heterocycles. The van der Waals surface area contributed by atoms with Crippen molar-refractivity contribution in [1.29, 1.82) is 0 Å². The lowest BCUT2D eigenvalue weighted by atomic mass is 10.0. The minimum absolute atomic E-state index is 0.0476. The number of rotatable bonds is 40. The smallest absolute Gasteiger partial charge is 0.462 e. The van der Waals surface area contributed by atoms with E-state index >= 15 is 0 Å². The number of phosphoric ester groups is 1. The van der Waals surface area contributed by atoms with Crippen LogP contribution in [0.4, 0.5) is 0 Å². The Hall–Kier alpha value is -2.40. The lowest BCUT2D eigenvalue weighted by Crippen LogP contribution is -2.29. The zero-order valence-electron chi connectivity index (χ0n) is 35.7. The van der Waals surface area contributed by atoms with Gasteiger partial charge in [0.25, 0.3) is 0 Å². The van der Waals surface area contributed by atoms with Gasteiger partial charge in [0.1, 0.15) is 12.7 Å². The molecule has 0 spiro atoms. The van der Waals surface area contributed by atoms with Crippen LogP contribution in [0.5, 0.6) is 0 Å². The third-order valence-corrected chi connectivity index (χ3v) is 10.1. The van der Waals surface area contributed by atoms with E-state index in [1.54, 1.807) is 6.08 Å². The van der Waals surface area contributed by atoms with E-state index in [9.17, 15) is 28.9 Å². The van der Waals surface area contributed by atoms with E-state index < -0.39 is 58.4 Å². The quantitative estimate of drug-likeness (QED) is 0.0134. The first-order valence-corrected chi connectivity index (χ1v) is 23.4. The van der Waals surface area contributed by atoms with E-state index in [4.69, 9.17) is 19.1 Å². The molecule has 0 fully saturated rings. The molecule has 0 saturated carbocycles. The summed E-state index contributed by atoms with van der Waals surface area (Å²) >= 11 is 0. The van der Waals surface area contributed by atoms with E-state index in [1.165, 1.54) is 89.5 Å². The third-order valence-electron chi connectivity index (χ3n) is 9.14. The molecule has 0 bridgehead atoms. The SMILES string of the molecule is CCCCC/C=C\C/C=C\C/C=C\C=C\C(=O)CCCC(=O)OC[C@H](COP(=O)(O)OC[C@@H](O)CO)OC(=O)CCCCCCCCCCCCCCCC(C)C. The Kier molecular flexibility index (Phi) is 37.4. The molecule has 0 aliphatic rings. The average molecular weight is 827 g/mol. The van der Waals surface area contributed by atoms with Crippen LogP contribution in [0.1, 0.15) is 175 Å². The van der Waals surface area contributed by atoms with Crippen LogP contribution in [-0.4, -0.2) is 71.5 Å². The van der Waals surface area contributed by atoms with Crippen molar-refractivity contribution in [3.63, 3.8) is 0 Å². The number of phosphoric acid groups is 1. The Bertz CT molecular complexity index is 1160. The van der Waals surface area contributed by atoms with Gasteiger partial charge in [-0.05, 0) is 50.5 Å². The number of ether oxygens (including phenoxy) is 2. The fourth-order valence-corrected chi connectivity index (χ4v) is 6.51. The number of carbonyl (C=O) groups excluding carboxylic acids is 3. The van der Waals surface area contributed by atoms with Crippen molar-refractivity contribution < 1.29 is 52.6 Å². The number of aliphatic hydroxyl groups is 2. The third kappa shape index (κ3) is 40.2. The highest BCUT2D eigenvalue weighted by Gasteiger charge is 2.27. The monoisotopic (exact) mass is 827 g/mol. The van der Waals surface area contributed by atoms with Crippen molar-refractivity contribution in [2.45, 2.75) is 187 Å². The molecular formula is C45H79O11P. The van der Waals surface area contributed by atoms with Crippen molar-refractivity contribution >= 4 is 25.5 Å². The number of aliphatic hydroxyl groups excluding tert-OH is 2. The summed E-state index contributed by atoms with van der Waals surface area (Å²) in [5, 5.41) is 18.3. The number of esters is 2. The molecule has 3 N–H and O–H groups in total. The molecule has 3 atom stereocenters. The predicted octanol–water partition coefficient (Wildman–Crippen LogP) is 10.8. The lowest BCUT2D eigenvalue weighted by Gasteiger charge is -2.20. The van der Waals surface area contributed by atoms with Gasteiger partial charge >= 0.3 is 19.8 Å². The zero-order valence-corrected chi connectivity index (χ0v) is 36.6. The Balaban J connectivity index is 4.48. The van der Waals surface area contributed by atoms with E-state index in [2.05, 4.69) is 49.6 Å². The molecule has 0 amide bonds. The van der Waals surface area contributed by atoms with Crippen LogP contribution in [0.3, 0.4) is 0 Å². The molecule has 12 heteroatoms. The fourth-order valence-electron chi connectivity index (χ4n) is 5.72. The molecule has 0 radical (unpaired) electrons. The highest BCUT2D eigenvalue weighted by atomic mass is 31.2. The summed E-state index contributed by atoms with van der Waals surface area (Å²) in [7, 11) is -4.67. The number of hydrogen-bond donors (Lipinski definition) is 3. The van der Waals surface area contributed by atoms with E-state index in [0.717, 1.165) is 44.4 Å². The van der Waals surface area contributed by atoms with Gasteiger partial charge < -0.3 is 24.6 Å². The molecule has 0 aromatic heterocycles. The van der Waals surface area contributed by atoms with E-state index in [-0.39, 0.29) is 31.5 Å². The maximum Gasteiger partial charge on any atom is 0.472 e. The topological polar surface area (TPSA) is 166 Å². The maximum atomic E-state index is 12.6. The Morgan fingerprint density at radius 1 is 0.632 bits per heavy atom. The van der Waals surface area contributed by atoms with Gasteiger partial charge in [-0.1, -0.05) is 160 Å². The molecule has 11 nitrogen and oxygen atoms in total. The van der Waals surface area contributed by atoms with Gasteiger partial charge in [-0.2, -0.15) is 0 Å². The van der Waals surface area contributed by atoms with Crippen molar-refractivity contribution in [1.82, 2.24) is 0 Å². The van der Waals surface area contributed by atoms with Crippen molar-refractivity contribution in [3.05, 3.63) is 48.6 Å². The standard InChI is InChI=1S/C45H79O11P/c1-4-5-6-7-8-9-10-12-16-19-22-25-28-32-41(47)33-30-35-44(49)53-38-43(39-55-57(51,52)54-37-42(48)36-46)56-45(50)34-29-26-23-20-17-14-11-13-15-18-21-24-27-31-40(2)3/h8-9,12,16,22,25,28,32,40,42-43,46,48H,4-7,10-11,13-15,17-21,23-24,26-27,29-31,33-39H2,1-3H3,(H,51,52)/b9-8-,16-12-,25-22-,32-28+/t42-,43+/m0/s1. The fraction of sp³-hybridized carbons (Fsp3) is 0.756. The first-order chi connectivity index (χ1) is 27.5. The van der Waals surface area contributed by atoms with E-state index in [1.807, 2.05) is 12.2 Å². The number of unbranched alkanes of at least 4 members (excludes halogenated alkanes) is 15. The normalized spacial score (nSPS) is 14.3. The summed E-state index contributed by atoms with van der Waals surface area (Å²) in [5.41, 5.74) is 0. The highest BCUT2D eigenvalue weighted by molar-refractivity contribution is 7.47. The summed E-state index contributed by atoms with van der Waals surface area (Å²) in [6.07, 6.45) is 36.6. The van der Waals surface area contributed by atoms with Crippen LogP contribution in [0.15, 0.2) is 48.6 Å². The van der Waals surface area contributed by atoms with Gasteiger partial charge in [0.15, 0.2) is 11.9 Å². The summed E-state index contributed by atoms with van der Waals surface area (Å²) in [6, 6.07) is 0. The van der Waals surface area contributed by atoms with Crippen molar-refractivity contribution in [2.24, 2.45) is 5.92 Å². The Morgan fingerprint density at radius 3 is 1.81 bits per heavy atom. The van der Waals surface area contributed by atoms with Crippen LogP contribution < -0.4 is 0 Å². The zero-order chi connectivity index (χ0) is 42.2. The van der Waals surface area contributed by atoms with Gasteiger partial charge in [0.2, 0.25) is 0 Å². The van der Waals surface area contributed by atoms with Gasteiger partial charge in [0, 0.05) is 19.3 Å². The second-order valence-electron chi connectivity index (χ2n) is 15.2. The second kappa shape index (κ2) is 39.1. The van der Waals surface area contributed by atoms with Gasteiger partial charge in [-0.15, -0.1) is 0 Å². The maximum absolute atomic E-state index is 12.6. The van der Waals surface area contributed by atoms with Gasteiger partial charge in [-0.3, -0.25) is 23.4 Å². The van der Waals surface area contributed by atoms with Gasteiger partial charge in [-0.25, -0.2) is 4.57 Å². The summed E-state index contributed by atoms with van der Waals surface area (Å²) in [4.78, 5) is 47.2. The molecule has 1 unspecified atom stereocenters. The Morgan fingerprint density at radius 2 is 1.19 bits per heavy atom. The second-order valence-corrected chi connectivity index (χ2v) is 16.7. The number of allylic oxidation sites excluding steroid dienone is 8. The molecule has 0 aromatic rings. The Labute approximate surface area is 345 Å². The summed E-state index contributed by atoms with van der Waals surface area (Å²) in [5.74, 6) is -0.505. The van der Waals surface area contributed by atoms with Gasteiger partial charge in [0.05, 0.1) is 19.8 Å². The molecule has 0 aliphatic carbocycles. The first-order valence-electron chi connectivity index (χ1n) is 21.9. The van der Waals surface area contributed by atoms with Crippen LogP contribution >= 0.6 is 7.82 Å². The highest BCUT2D eigenvalue weighted by Crippen LogP contribution is 2.43. The number of ketones is 1. The number of hydrogen-bond acceptors (Lipinski definition) is 10. The van der Waals surface area contributed by atoms with Crippen molar-refractivity contribution in [3.8, 4) is 0 Å². The van der Waals surface area contributed by atoms with Crippen LogP contribution in [0.2, 0.25) is 0 Å². The van der Waals surface area contributed by atoms with Crippen LogP contribution in [0, 0.1) is 5.92 Å². The molecule has 0 rings (SSSR count). The summed E-state index contributed by atoms with van der Waals surface area (Å²) in [6.45, 7) is 4.40. The first kappa shape index (κ1) is 54.6. The minimum atomic E-state index is -4.67. The van der Waals surface area contributed by atoms with Crippen molar-refractivity contribution in [2.75, 3.05) is 26.4 Å². The summed E-state index contributed by atoms with van der Waals surface area (Å²) < 4.78 is 32.5. The largest absolute Gasteiger partial charge is 0.472 e. The molecule has 57 heavy (non-hydrogen) atoms. The average Bonchev–Trinajstić information content (AvgIpc) is 3.18. The molecule has 0 aliphatic heterocycles. The predicted molar refractivity (Wildman–Crippen MR) is 229 cm³/mol. The molecule has 330 valence electrons. The van der Waals surface area contributed by atoms with Crippen LogP contribution in [-0.2, 0) is 37.5 Å². The van der Waals surface area contributed by atoms with Crippen LogP contribution in [0.25, 0.3) is 0 Å². The number of carbonyl (C=O) groups is 3. The lowest BCUT2D eigenvalue weighted by molar-refractivity contribution is -0.161. The van der Waals surface area contributed by atoms with E-state index in [0.29, 0.717) is 6.42 Å². The minimum Gasteiger partial charge on any atom is -0.462 e. The molecule has 0 saturated heterocycles.